The summed E-state index contributed by atoms with van der Waals surface area (Å²) < 4.78 is 14.0. The zero-order valence-corrected chi connectivity index (χ0v) is 11.6. The lowest BCUT2D eigenvalue weighted by Crippen LogP contribution is -2.11. The Labute approximate surface area is 113 Å². The monoisotopic (exact) mass is 313 g/mol. The first-order valence-electron chi connectivity index (χ1n) is 5.39. The van der Waals surface area contributed by atoms with Gasteiger partial charge in [0.25, 0.3) is 0 Å². The largest absolute Gasteiger partial charge is 0.324 e. The van der Waals surface area contributed by atoms with Crippen LogP contribution >= 0.6 is 27.3 Å². The number of hydrogen-bond donors (Lipinski definition) is 1. The number of thiophene rings is 1. The van der Waals surface area contributed by atoms with E-state index >= 15 is 0 Å². The molecule has 1 nitrogen and oxygen atoms in total. The summed E-state index contributed by atoms with van der Waals surface area (Å²) in [7, 11) is 0. The van der Waals surface area contributed by atoms with Crippen molar-refractivity contribution in [3.8, 4) is 0 Å². The standard InChI is InChI=1S/C13H13BrFNS/c14-10-6-9(7-11(15)8-10)13(16)4-3-12-2-1-5-17-12/h1-2,5-8,13H,3-4,16H2. The minimum Gasteiger partial charge on any atom is -0.324 e. The van der Waals surface area contributed by atoms with E-state index in [0.29, 0.717) is 0 Å². The van der Waals surface area contributed by atoms with Crippen LogP contribution in [0.5, 0.6) is 0 Å². The first-order valence-corrected chi connectivity index (χ1v) is 7.06. The molecule has 0 radical (unpaired) electrons. The van der Waals surface area contributed by atoms with E-state index in [9.17, 15) is 4.39 Å². The summed E-state index contributed by atoms with van der Waals surface area (Å²) in [5, 5.41) is 2.06. The highest BCUT2D eigenvalue weighted by Crippen LogP contribution is 2.23. The second kappa shape index (κ2) is 5.76. The number of rotatable bonds is 4. The van der Waals surface area contributed by atoms with E-state index in [1.54, 1.807) is 11.3 Å². The Morgan fingerprint density at radius 1 is 1.35 bits per heavy atom. The van der Waals surface area contributed by atoms with E-state index in [-0.39, 0.29) is 11.9 Å². The molecule has 2 N–H and O–H groups in total. The third kappa shape index (κ3) is 3.63. The van der Waals surface area contributed by atoms with Crippen molar-refractivity contribution in [1.82, 2.24) is 0 Å². The maximum Gasteiger partial charge on any atom is 0.124 e. The molecule has 0 fully saturated rings. The number of nitrogens with two attached hydrogens (primary N) is 1. The fourth-order valence-electron chi connectivity index (χ4n) is 1.71. The van der Waals surface area contributed by atoms with Gasteiger partial charge in [-0.05, 0) is 48.1 Å². The van der Waals surface area contributed by atoms with E-state index in [2.05, 4.69) is 27.4 Å². The Hall–Kier alpha value is -0.710. The second-order valence-electron chi connectivity index (χ2n) is 3.93. The number of benzene rings is 1. The van der Waals surface area contributed by atoms with E-state index in [0.717, 1.165) is 22.9 Å². The molecule has 2 rings (SSSR count). The fourth-order valence-corrected chi connectivity index (χ4v) is 2.92. The molecule has 4 heteroatoms. The van der Waals surface area contributed by atoms with Crippen molar-refractivity contribution in [2.45, 2.75) is 18.9 Å². The topological polar surface area (TPSA) is 26.0 Å². The van der Waals surface area contributed by atoms with Crippen molar-refractivity contribution < 1.29 is 4.39 Å². The van der Waals surface area contributed by atoms with Gasteiger partial charge in [-0.3, -0.25) is 0 Å². The summed E-state index contributed by atoms with van der Waals surface area (Å²) in [6.07, 6.45) is 1.77. The van der Waals surface area contributed by atoms with Gasteiger partial charge in [-0.1, -0.05) is 22.0 Å². The van der Waals surface area contributed by atoms with Crippen LogP contribution in [0.1, 0.15) is 22.9 Å². The summed E-state index contributed by atoms with van der Waals surface area (Å²) in [6, 6.07) is 8.83. The van der Waals surface area contributed by atoms with Crippen LogP contribution in [0.15, 0.2) is 40.2 Å². The average Bonchev–Trinajstić information content (AvgIpc) is 2.77. The van der Waals surface area contributed by atoms with Gasteiger partial charge in [0.15, 0.2) is 0 Å². The zero-order chi connectivity index (χ0) is 12.3. The lowest BCUT2D eigenvalue weighted by molar-refractivity contribution is 0.609. The van der Waals surface area contributed by atoms with Crippen molar-refractivity contribution in [1.29, 1.82) is 0 Å². The van der Waals surface area contributed by atoms with Crippen LogP contribution in [-0.2, 0) is 6.42 Å². The number of hydrogen-bond acceptors (Lipinski definition) is 2. The zero-order valence-electron chi connectivity index (χ0n) is 9.20. The lowest BCUT2D eigenvalue weighted by atomic mass is 10.0. The lowest BCUT2D eigenvalue weighted by Gasteiger charge is -2.12. The molecule has 0 aliphatic heterocycles. The van der Waals surface area contributed by atoms with Crippen molar-refractivity contribution in [2.24, 2.45) is 5.73 Å². The number of aryl methyl sites for hydroxylation is 1. The van der Waals surface area contributed by atoms with E-state index in [1.165, 1.54) is 17.0 Å². The second-order valence-corrected chi connectivity index (χ2v) is 5.88. The Balaban J connectivity index is 2.01. The summed E-state index contributed by atoms with van der Waals surface area (Å²) in [4.78, 5) is 1.32. The first-order chi connectivity index (χ1) is 8.15. The van der Waals surface area contributed by atoms with Gasteiger partial charge in [0.1, 0.15) is 5.82 Å². The van der Waals surface area contributed by atoms with Crippen LogP contribution in [0.4, 0.5) is 4.39 Å². The van der Waals surface area contributed by atoms with Gasteiger partial charge < -0.3 is 5.73 Å². The van der Waals surface area contributed by atoms with Crippen molar-refractivity contribution in [3.63, 3.8) is 0 Å². The molecule has 0 spiro atoms. The maximum atomic E-state index is 13.2. The molecule has 0 amide bonds. The summed E-state index contributed by atoms with van der Waals surface area (Å²) in [6.45, 7) is 0. The van der Waals surface area contributed by atoms with Crippen molar-refractivity contribution >= 4 is 27.3 Å². The Morgan fingerprint density at radius 2 is 2.18 bits per heavy atom. The van der Waals surface area contributed by atoms with Gasteiger partial charge >= 0.3 is 0 Å². The normalized spacial score (nSPS) is 12.6. The predicted octanol–water partition coefficient (Wildman–Crippen LogP) is 4.28. The molecule has 17 heavy (non-hydrogen) atoms. The summed E-state index contributed by atoms with van der Waals surface area (Å²) in [5.41, 5.74) is 6.91. The molecule has 0 saturated carbocycles. The van der Waals surface area contributed by atoms with Crippen LogP contribution in [0.2, 0.25) is 0 Å². The summed E-state index contributed by atoms with van der Waals surface area (Å²) >= 11 is 5.01. The quantitative estimate of drug-likeness (QED) is 0.895. The highest BCUT2D eigenvalue weighted by atomic mass is 79.9. The molecule has 90 valence electrons. The Bertz CT molecular complexity index is 464. The molecule has 0 bridgehead atoms. The Kier molecular flexibility index (Phi) is 4.31. The molecule has 2 aromatic rings. The molecular weight excluding hydrogens is 301 g/mol. The molecule has 1 aromatic carbocycles. The molecule has 0 aliphatic rings. The molecule has 0 aliphatic carbocycles. The smallest absolute Gasteiger partial charge is 0.124 e. The van der Waals surface area contributed by atoms with Gasteiger partial charge in [-0.2, -0.15) is 0 Å². The minimum atomic E-state index is -0.249. The van der Waals surface area contributed by atoms with Crippen LogP contribution < -0.4 is 5.73 Å². The van der Waals surface area contributed by atoms with Gasteiger partial charge in [0.05, 0.1) is 0 Å². The maximum absolute atomic E-state index is 13.2. The molecular formula is C13H13BrFNS. The molecule has 1 aromatic heterocycles. The van der Waals surface area contributed by atoms with Gasteiger partial charge in [0, 0.05) is 15.4 Å². The highest BCUT2D eigenvalue weighted by molar-refractivity contribution is 9.10. The van der Waals surface area contributed by atoms with Crippen LogP contribution in [0.3, 0.4) is 0 Å². The predicted molar refractivity (Wildman–Crippen MR) is 73.7 cm³/mol. The van der Waals surface area contributed by atoms with Gasteiger partial charge in [-0.15, -0.1) is 11.3 Å². The molecule has 1 heterocycles. The molecule has 0 saturated heterocycles. The van der Waals surface area contributed by atoms with Crippen LogP contribution in [0.25, 0.3) is 0 Å². The van der Waals surface area contributed by atoms with Crippen molar-refractivity contribution in [2.75, 3.05) is 0 Å². The Morgan fingerprint density at radius 3 is 2.82 bits per heavy atom. The molecule has 1 unspecified atom stereocenters. The third-order valence-electron chi connectivity index (χ3n) is 2.59. The van der Waals surface area contributed by atoms with Gasteiger partial charge in [-0.25, -0.2) is 4.39 Å². The summed E-state index contributed by atoms with van der Waals surface area (Å²) in [5.74, 6) is -0.249. The number of halogens is 2. The SMILES string of the molecule is NC(CCc1cccs1)c1cc(F)cc(Br)c1. The minimum absolute atomic E-state index is 0.121. The van der Waals surface area contributed by atoms with E-state index < -0.39 is 0 Å². The van der Waals surface area contributed by atoms with Crippen LogP contribution in [0, 0.1) is 5.82 Å². The third-order valence-corrected chi connectivity index (χ3v) is 3.99. The van der Waals surface area contributed by atoms with E-state index in [4.69, 9.17) is 5.73 Å². The van der Waals surface area contributed by atoms with Crippen molar-refractivity contribution in [3.05, 3.63) is 56.4 Å². The average molecular weight is 314 g/mol. The first kappa shape index (κ1) is 12.7. The highest BCUT2D eigenvalue weighted by Gasteiger charge is 2.09. The van der Waals surface area contributed by atoms with Gasteiger partial charge in [0.2, 0.25) is 0 Å². The molecule has 1 atom stereocenters. The van der Waals surface area contributed by atoms with E-state index in [1.807, 2.05) is 12.1 Å². The van der Waals surface area contributed by atoms with Crippen LogP contribution in [-0.4, -0.2) is 0 Å². The fraction of sp³-hybridized carbons (Fsp3) is 0.231.